The zero-order valence-electron chi connectivity index (χ0n) is 23.7. The first kappa shape index (κ1) is 36.8. The smallest absolute Gasteiger partial charge is 0.731 e. The topological polar surface area (TPSA) is 218 Å². The van der Waals surface area contributed by atoms with Crippen molar-refractivity contribution in [2.24, 2.45) is 0 Å². The number of hydrogen-bond acceptors (Lipinski definition) is 11. The molecular weight excluding hydrogens is 641 g/mol. The van der Waals surface area contributed by atoms with Crippen molar-refractivity contribution in [2.45, 2.75) is 57.5 Å². The van der Waals surface area contributed by atoms with E-state index < -0.39 is 64.5 Å². The van der Waals surface area contributed by atoms with E-state index in [2.05, 4.69) is 27.9 Å². The van der Waals surface area contributed by atoms with Crippen LogP contribution in [0.2, 0.25) is 0 Å². The summed E-state index contributed by atoms with van der Waals surface area (Å²) in [5.74, 6) is -5.10. The fourth-order valence-electron chi connectivity index (χ4n) is 4.23. The Balaban J connectivity index is 0.00000645. The maximum Gasteiger partial charge on any atom is 1.00 e. The summed E-state index contributed by atoms with van der Waals surface area (Å²) < 4.78 is 33.3. The van der Waals surface area contributed by atoms with Crippen molar-refractivity contribution in [3.8, 4) is 0 Å². The van der Waals surface area contributed by atoms with Crippen molar-refractivity contribution in [1.29, 1.82) is 0 Å². The Morgan fingerprint density at radius 1 is 1.12 bits per heavy atom. The number of piperazine rings is 1. The van der Waals surface area contributed by atoms with Crippen LogP contribution in [0.25, 0.3) is 0 Å². The Kier molecular flexibility index (Phi) is 14.3. The van der Waals surface area contributed by atoms with Crippen LogP contribution < -0.4 is 45.5 Å². The largest absolute Gasteiger partial charge is 1.00 e. The Morgan fingerprint density at radius 2 is 1.79 bits per heavy atom. The van der Waals surface area contributed by atoms with Crippen LogP contribution in [0, 0.1) is 0 Å². The van der Waals surface area contributed by atoms with Crippen molar-refractivity contribution in [3.63, 3.8) is 0 Å². The molecular formula is C23H31ClN7NaO9S2. The molecule has 0 aliphatic carbocycles. The van der Waals surface area contributed by atoms with Crippen molar-refractivity contribution < 1.29 is 71.3 Å². The number of rotatable bonds is 14. The molecule has 2 saturated heterocycles. The molecule has 2 aliphatic heterocycles. The molecule has 0 radical (unpaired) electrons. The van der Waals surface area contributed by atoms with Crippen LogP contribution >= 0.6 is 22.9 Å². The van der Waals surface area contributed by atoms with Crippen LogP contribution in [0.1, 0.15) is 57.2 Å². The van der Waals surface area contributed by atoms with Crippen LogP contribution in [0.3, 0.4) is 0 Å². The monoisotopic (exact) mass is 671 g/mol. The number of nitrogens with one attached hydrogen (secondary N) is 3. The molecule has 0 bridgehead atoms. The minimum atomic E-state index is -5.06. The predicted octanol–water partition coefficient (Wildman–Crippen LogP) is -3.11. The summed E-state index contributed by atoms with van der Waals surface area (Å²) in [6.07, 6.45) is 5.97. The van der Waals surface area contributed by atoms with Gasteiger partial charge in [0.05, 0.1) is 12.2 Å². The number of carbonyl (C=O) groups excluding carboxylic acids is 6. The summed E-state index contributed by atoms with van der Waals surface area (Å²) in [6, 6.07) is -4.09. The fraction of sp³-hybridized carbons (Fsp3) is 0.609. The average Bonchev–Trinajstić information content (AvgIpc) is 3.40. The number of anilines is 1. The standard InChI is InChI=1S/C23H32ClN7O9S2.Na/c1-2-3-4-5-6-7-8-29-9-10-30(21(36)20(29)35)23(37)28-17(15-13-41-22(26-15)27-16(32)11-24)18(33)25-14-12-31(19(14)34)42(38,39)40;/h13-14,17H,2-12H2,1H3,(H,25,33)(H,28,37)(H,26,27,32)(H,38,39,40);/q;+1/p-1. The van der Waals surface area contributed by atoms with Crippen LogP contribution in [0.15, 0.2) is 5.38 Å². The van der Waals surface area contributed by atoms with E-state index in [1.54, 1.807) is 0 Å². The molecule has 7 amide bonds. The van der Waals surface area contributed by atoms with Gasteiger partial charge in [-0.2, -0.15) is 0 Å². The van der Waals surface area contributed by atoms with Gasteiger partial charge in [0.1, 0.15) is 11.9 Å². The molecule has 0 aromatic carbocycles. The average molecular weight is 672 g/mol. The number of amides is 7. The molecule has 2 atom stereocenters. The Hall–Kier alpha value is -2.35. The number of aromatic nitrogens is 1. The van der Waals surface area contributed by atoms with Gasteiger partial charge in [0.15, 0.2) is 21.5 Å². The van der Waals surface area contributed by atoms with Crippen molar-refractivity contribution in [1.82, 2.24) is 29.7 Å². The van der Waals surface area contributed by atoms with Gasteiger partial charge in [-0.05, 0) is 6.42 Å². The third-order valence-corrected chi connectivity index (χ3v) is 8.42. The predicted molar refractivity (Wildman–Crippen MR) is 148 cm³/mol. The summed E-state index contributed by atoms with van der Waals surface area (Å²) in [4.78, 5) is 81.4. The zero-order chi connectivity index (χ0) is 31.0. The Bertz CT molecular complexity index is 1330. The van der Waals surface area contributed by atoms with Gasteiger partial charge in [0.25, 0.3) is 5.91 Å². The number of carbonyl (C=O) groups is 6. The van der Waals surface area contributed by atoms with E-state index in [9.17, 15) is 41.7 Å². The molecule has 0 spiro atoms. The Morgan fingerprint density at radius 3 is 2.42 bits per heavy atom. The molecule has 20 heteroatoms. The number of β-lactam (4-membered cyclic amide) rings is 1. The van der Waals surface area contributed by atoms with E-state index >= 15 is 0 Å². The van der Waals surface area contributed by atoms with Gasteiger partial charge in [-0.15, -0.1) is 22.9 Å². The van der Waals surface area contributed by atoms with Crippen LogP contribution in [-0.4, -0.2) is 106 Å². The maximum absolute atomic E-state index is 13.1. The second kappa shape index (κ2) is 16.6. The number of nitrogens with zero attached hydrogens (tertiary/aromatic N) is 4. The van der Waals surface area contributed by atoms with Gasteiger partial charge in [-0.3, -0.25) is 28.9 Å². The van der Waals surface area contributed by atoms with Crippen LogP contribution in [0.4, 0.5) is 9.93 Å². The SMILES string of the molecule is CCCCCCCCN1CCN(C(=O)NC(C(=O)NC2CN(S(=O)(=O)[O-])C2=O)c2csc(NC(=O)CCl)n2)C(=O)C1=O.[Na+]. The number of halogens is 1. The molecule has 2 unspecified atom stereocenters. The van der Waals surface area contributed by atoms with Crippen LogP contribution in [0.5, 0.6) is 0 Å². The van der Waals surface area contributed by atoms with E-state index in [-0.39, 0.29) is 63.7 Å². The molecule has 1 aromatic rings. The normalized spacial score (nSPS) is 17.6. The number of thiazole rings is 1. The fourth-order valence-corrected chi connectivity index (χ4v) is 5.73. The first-order valence-electron chi connectivity index (χ1n) is 13.2. The molecule has 3 N–H and O–H groups in total. The van der Waals surface area contributed by atoms with E-state index in [0.717, 1.165) is 43.4 Å². The van der Waals surface area contributed by atoms with Gasteiger partial charge < -0.3 is 25.4 Å². The van der Waals surface area contributed by atoms with E-state index in [1.807, 2.05) is 0 Å². The second-order valence-electron chi connectivity index (χ2n) is 9.55. The molecule has 0 saturated carbocycles. The molecule has 2 aliphatic rings. The van der Waals surface area contributed by atoms with Gasteiger partial charge >= 0.3 is 47.4 Å². The summed E-state index contributed by atoms with van der Waals surface area (Å²) in [6.45, 7) is 1.84. The summed E-state index contributed by atoms with van der Waals surface area (Å²) in [5.41, 5.74) is -0.101. The van der Waals surface area contributed by atoms with Gasteiger partial charge in [0.2, 0.25) is 11.8 Å². The minimum absolute atomic E-state index is 0. The molecule has 1 aromatic heterocycles. The number of urea groups is 1. The molecule has 43 heavy (non-hydrogen) atoms. The van der Waals surface area contributed by atoms with Crippen molar-refractivity contribution >= 4 is 73.9 Å². The molecule has 3 rings (SSSR count). The maximum atomic E-state index is 13.1. The Labute approximate surface area is 279 Å². The van der Waals surface area contributed by atoms with Gasteiger partial charge in [-0.1, -0.05) is 39.0 Å². The third-order valence-electron chi connectivity index (χ3n) is 6.53. The second-order valence-corrected chi connectivity index (χ2v) is 12.0. The number of alkyl halides is 1. The minimum Gasteiger partial charge on any atom is -0.731 e. The number of hydrogen-bond donors (Lipinski definition) is 3. The third kappa shape index (κ3) is 9.82. The molecule has 2 fully saturated rings. The zero-order valence-corrected chi connectivity index (χ0v) is 28.1. The van der Waals surface area contributed by atoms with Gasteiger partial charge in [-0.25, -0.2) is 22.5 Å². The van der Waals surface area contributed by atoms with E-state index in [4.69, 9.17) is 11.6 Å². The molecule has 3 heterocycles. The summed E-state index contributed by atoms with van der Waals surface area (Å²) in [5, 5.41) is 8.27. The van der Waals surface area contributed by atoms with Crippen LogP contribution in [-0.2, 0) is 34.3 Å². The van der Waals surface area contributed by atoms with Crippen molar-refractivity contribution in [2.75, 3.05) is 37.4 Å². The van der Waals surface area contributed by atoms with E-state index in [0.29, 0.717) is 17.9 Å². The summed E-state index contributed by atoms with van der Waals surface area (Å²) in [7, 11) is -5.06. The first-order valence-corrected chi connectivity index (χ1v) is 16.0. The molecule has 16 nitrogen and oxygen atoms in total. The number of unbranched alkanes of at least 4 members (excludes halogenated alkanes) is 5. The van der Waals surface area contributed by atoms with Gasteiger partial charge in [0, 0.05) is 25.0 Å². The quantitative estimate of drug-likeness (QED) is 0.0452. The van der Waals surface area contributed by atoms with Crippen molar-refractivity contribution in [3.05, 3.63) is 11.1 Å². The summed E-state index contributed by atoms with van der Waals surface area (Å²) >= 11 is 6.37. The molecule has 232 valence electrons. The first-order chi connectivity index (χ1) is 19.9. The number of imide groups is 1. The van der Waals surface area contributed by atoms with E-state index in [1.165, 1.54) is 10.3 Å².